The summed E-state index contributed by atoms with van der Waals surface area (Å²) in [4.78, 5) is 24.7. The van der Waals surface area contributed by atoms with E-state index in [1.165, 1.54) is 24.5 Å². The molecular weight excluding hydrogens is 459 g/mol. The van der Waals surface area contributed by atoms with Gasteiger partial charge in [-0.25, -0.2) is 31.7 Å². The van der Waals surface area contributed by atoms with E-state index in [-0.39, 0.29) is 28.1 Å². The monoisotopic (exact) mass is 482 g/mol. The minimum atomic E-state index is -3.89. The topological polar surface area (TPSA) is 119 Å². The number of carbonyl (C=O) groups excluding carboxylic acids is 1. The summed E-state index contributed by atoms with van der Waals surface area (Å²) in [7, 11) is -3.89. The first-order valence-electron chi connectivity index (χ1n) is 10.6. The van der Waals surface area contributed by atoms with Gasteiger partial charge in [-0.1, -0.05) is 17.7 Å². The molecule has 1 amide bonds. The zero-order chi connectivity index (χ0) is 24.5. The maximum Gasteiger partial charge on any atom is 0.269 e. The molecule has 0 fully saturated rings. The molecule has 34 heavy (non-hydrogen) atoms. The van der Waals surface area contributed by atoms with Crippen molar-refractivity contribution in [3.8, 4) is 11.4 Å². The standard InChI is InChI=1S/C23H23FN6O3S/c1-4-25-23(31)15(3)28-21-19(24)13-27-20(29-21)17-9-11-26-22-18(17)10-12-30(22)34(32,33)16-7-5-14(2)6-8-16/h5-13,15H,4H2,1-3H3,(H,25,31)(H,27,28,29)/t15-/m0/s1. The van der Waals surface area contributed by atoms with Crippen molar-refractivity contribution in [3.63, 3.8) is 0 Å². The van der Waals surface area contributed by atoms with Gasteiger partial charge in [0, 0.05) is 29.9 Å². The number of nitrogens with one attached hydrogen (secondary N) is 2. The number of likely N-dealkylation sites (N-methyl/N-ethyl adjacent to an activating group) is 1. The molecular formula is C23H23FN6O3S. The second-order valence-corrected chi connectivity index (χ2v) is 9.49. The number of aromatic nitrogens is 4. The number of amides is 1. The summed E-state index contributed by atoms with van der Waals surface area (Å²) >= 11 is 0. The molecule has 3 aromatic heterocycles. The van der Waals surface area contributed by atoms with Gasteiger partial charge >= 0.3 is 0 Å². The zero-order valence-electron chi connectivity index (χ0n) is 18.8. The summed E-state index contributed by atoms with van der Waals surface area (Å²) in [5.41, 5.74) is 1.60. The number of nitrogens with zero attached hydrogens (tertiary/aromatic N) is 4. The highest BCUT2D eigenvalue weighted by atomic mass is 32.2. The fraction of sp³-hybridized carbons (Fsp3) is 0.217. The second-order valence-electron chi connectivity index (χ2n) is 7.68. The molecule has 0 aliphatic heterocycles. The van der Waals surface area contributed by atoms with Crippen molar-refractivity contribution >= 4 is 32.8 Å². The van der Waals surface area contributed by atoms with Crippen LogP contribution in [0.4, 0.5) is 10.2 Å². The van der Waals surface area contributed by atoms with Crippen LogP contribution < -0.4 is 10.6 Å². The molecule has 0 unspecified atom stereocenters. The van der Waals surface area contributed by atoms with Crippen LogP contribution in [-0.4, -0.2) is 45.8 Å². The lowest BCUT2D eigenvalue weighted by Crippen LogP contribution is -2.37. The first kappa shape index (κ1) is 23.3. The highest BCUT2D eigenvalue weighted by Gasteiger charge is 2.22. The van der Waals surface area contributed by atoms with Crippen molar-refractivity contribution in [2.75, 3.05) is 11.9 Å². The molecule has 4 aromatic rings. The minimum absolute atomic E-state index is 0.131. The number of aryl methyl sites for hydroxylation is 1. The van der Waals surface area contributed by atoms with Crippen LogP contribution in [0.3, 0.4) is 0 Å². The SMILES string of the molecule is CCNC(=O)[C@H](C)Nc1nc(-c2ccnc3c2ccn3S(=O)(=O)c2ccc(C)cc2)ncc1F. The lowest BCUT2D eigenvalue weighted by atomic mass is 10.2. The Hall–Kier alpha value is -3.86. The van der Waals surface area contributed by atoms with Gasteiger partial charge in [0.15, 0.2) is 23.1 Å². The molecule has 0 aliphatic carbocycles. The molecule has 1 atom stereocenters. The number of hydrogen-bond acceptors (Lipinski definition) is 7. The van der Waals surface area contributed by atoms with Crippen molar-refractivity contribution in [1.29, 1.82) is 0 Å². The van der Waals surface area contributed by atoms with Gasteiger partial charge in [0.25, 0.3) is 10.0 Å². The summed E-state index contributed by atoms with van der Waals surface area (Å²) < 4.78 is 41.9. The third-order valence-corrected chi connectivity index (χ3v) is 6.90. The van der Waals surface area contributed by atoms with Crippen LogP contribution in [-0.2, 0) is 14.8 Å². The Balaban J connectivity index is 1.75. The van der Waals surface area contributed by atoms with E-state index in [2.05, 4.69) is 25.6 Å². The van der Waals surface area contributed by atoms with Crippen LogP contribution in [0.25, 0.3) is 22.4 Å². The van der Waals surface area contributed by atoms with Crippen LogP contribution in [0.2, 0.25) is 0 Å². The molecule has 0 bridgehead atoms. The Labute approximate surface area is 196 Å². The van der Waals surface area contributed by atoms with E-state index in [1.807, 2.05) is 6.92 Å². The smallest absolute Gasteiger partial charge is 0.269 e. The van der Waals surface area contributed by atoms with Crippen LogP contribution in [0.5, 0.6) is 0 Å². The normalized spacial score (nSPS) is 12.5. The quantitative estimate of drug-likeness (QED) is 0.415. The molecule has 4 rings (SSSR count). The van der Waals surface area contributed by atoms with Gasteiger partial charge in [0.2, 0.25) is 5.91 Å². The van der Waals surface area contributed by atoms with E-state index in [1.54, 1.807) is 38.1 Å². The van der Waals surface area contributed by atoms with Crippen molar-refractivity contribution < 1.29 is 17.6 Å². The van der Waals surface area contributed by atoms with E-state index < -0.39 is 21.9 Å². The second kappa shape index (κ2) is 9.18. The maximum atomic E-state index is 14.4. The molecule has 9 nitrogen and oxygen atoms in total. The van der Waals surface area contributed by atoms with Gasteiger partial charge in [-0.2, -0.15) is 0 Å². The third-order valence-electron chi connectivity index (χ3n) is 5.21. The van der Waals surface area contributed by atoms with E-state index in [0.717, 1.165) is 15.7 Å². The van der Waals surface area contributed by atoms with Gasteiger partial charge in [-0.15, -0.1) is 0 Å². The van der Waals surface area contributed by atoms with Gasteiger partial charge < -0.3 is 10.6 Å². The average Bonchev–Trinajstić information content (AvgIpc) is 3.26. The van der Waals surface area contributed by atoms with Crippen molar-refractivity contribution in [3.05, 3.63) is 66.4 Å². The largest absolute Gasteiger partial charge is 0.356 e. The number of pyridine rings is 1. The van der Waals surface area contributed by atoms with Crippen LogP contribution >= 0.6 is 0 Å². The third kappa shape index (κ3) is 4.34. The fourth-order valence-corrected chi connectivity index (χ4v) is 4.73. The van der Waals surface area contributed by atoms with E-state index >= 15 is 0 Å². The lowest BCUT2D eigenvalue weighted by molar-refractivity contribution is -0.121. The van der Waals surface area contributed by atoms with Crippen molar-refractivity contribution in [2.24, 2.45) is 0 Å². The molecule has 176 valence electrons. The van der Waals surface area contributed by atoms with Crippen molar-refractivity contribution in [2.45, 2.75) is 31.7 Å². The van der Waals surface area contributed by atoms with Gasteiger partial charge in [0.05, 0.1) is 11.1 Å². The summed E-state index contributed by atoms with van der Waals surface area (Å²) in [6, 6.07) is 9.01. The number of halogens is 1. The molecule has 2 N–H and O–H groups in total. The highest BCUT2D eigenvalue weighted by Crippen LogP contribution is 2.29. The Morgan fingerprint density at radius 1 is 1.15 bits per heavy atom. The Morgan fingerprint density at radius 3 is 2.59 bits per heavy atom. The molecule has 11 heteroatoms. The summed E-state index contributed by atoms with van der Waals surface area (Å²) in [6.45, 7) is 5.69. The molecule has 3 heterocycles. The lowest BCUT2D eigenvalue weighted by Gasteiger charge is -2.15. The molecule has 0 radical (unpaired) electrons. The minimum Gasteiger partial charge on any atom is -0.356 e. The van der Waals surface area contributed by atoms with Crippen LogP contribution in [0.1, 0.15) is 19.4 Å². The number of anilines is 1. The summed E-state index contributed by atoms with van der Waals surface area (Å²) in [5.74, 6) is -0.998. The zero-order valence-corrected chi connectivity index (χ0v) is 19.6. The molecule has 0 spiro atoms. The first-order chi connectivity index (χ1) is 16.2. The van der Waals surface area contributed by atoms with E-state index in [9.17, 15) is 17.6 Å². The average molecular weight is 483 g/mol. The number of carbonyl (C=O) groups is 1. The Bertz CT molecular complexity index is 1470. The van der Waals surface area contributed by atoms with Gasteiger partial charge in [-0.05, 0) is 45.0 Å². The van der Waals surface area contributed by atoms with Crippen molar-refractivity contribution in [1.82, 2.24) is 24.2 Å². The van der Waals surface area contributed by atoms with Crippen LogP contribution in [0.15, 0.2) is 59.9 Å². The highest BCUT2D eigenvalue weighted by molar-refractivity contribution is 7.90. The predicted molar refractivity (Wildman–Crippen MR) is 126 cm³/mol. The van der Waals surface area contributed by atoms with Crippen LogP contribution in [0, 0.1) is 12.7 Å². The number of hydrogen-bond donors (Lipinski definition) is 2. The molecule has 0 aliphatic rings. The van der Waals surface area contributed by atoms with Gasteiger partial charge in [-0.3, -0.25) is 4.79 Å². The fourth-order valence-electron chi connectivity index (χ4n) is 3.42. The number of fused-ring (bicyclic) bond motifs is 1. The predicted octanol–water partition coefficient (Wildman–Crippen LogP) is 3.11. The number of rotatable bonds is 7. The molecule has 0 saturated carbocycles. The molecule has 0 saturated heterocycles. The molecule has 1 aromatic carbocycles. The van der Waals surface area contributed by atoms with E-state index in [4.69, 9.17) is 0 Å². The van der Waals surface area contributed by atoms with Gasteiger partial charge in [0.1, 0.15) is 6.04 Å². The summed E-state index contributed by atoms with van der Waals surface area (Å²) in [5, 5.41) is 5.89. The first-order valence-corrected chi connectivity index (χ1v) is 12.0. The van der Waals surface area contributed by atoms with E-state index in [0.29, 0.717) is 17.5 Å². The Kier molecular flexibility index (Phi) is 6.29. The Morgan fingerprint density at radius 2 is 1.88 bits per heavy atom. The number of benzene rings is 1. The summed E-state index contributed by atoms with van der Waals surface area (Å²) in [6.07, 6.45) is 3.85. The maximum absolute atomic E-state index is 14.4.